The maximum Gasteiger partial charge on any atom is 0.320 e. The number of nitrogens with zero attached hydrogens (tertiary/aromatic N) is 5. The van der Waals surface area contributed by atoms with Crippen LogP contribution in [0.3, 0.4) is 0 Å². The summed E-state index contributed by atoms with van der Waals surface area (Å²) in [5.41, 5.74) is 13.2. The van der Waals surface area contributed by atoms with Gasteiger partial charge in [0.05, 0.1) is 18.9 Å². The van der Waals surface area contributed by atoms with Gasteiger partial charge in [-0.2, -0.15) is 9.97 Å². The van der Waals surface area contributed by atoms with E-state index in [1.54, 1.807) is 17.5 Å². The van der Waals surface area contributed by atoms with Crippen molar-refractivity contribution in [2.75, 3.05) is 50.9 Å². The van der Waals surface area contributed by atoms with Crippen LogP contribution in [0.5, 0.6) is 11.9 Å². The molecular formula is C21H27N7O3S. The largest absolute Gasteiger partial charge is 0.476 e. The average molecular weight is 458 g/mol. The van der Waals surface area contributed by atoms with Gasteiger partial charge in [-0.05, 0) is 19.9 Å². The number of nitrogen functional groups attached to an aromatic ring is 2. The van der Waals surface area contributed by atoms with Crippen molar-refractivity contribution in [2.24, 2.45) is 0 Å². The number of rotatable bonds is 8. The van der Waals surface area contributed by atoms with Crippen molar-refractivity contribution in [2.45, 2.75) is 20.0 Å². The van der Waals surface area contributed by atoms with E-state index < -0.39 is 0 Å². The predicted octanol–water partition coefficient (Wildman–Crippen LogP) is 2.32. The highest BCUT2D eigenvalue weighted by atomic mass is 32.1. The Morgan fingerprint density at radius 1 is 1.16 bits per heavy atom. The second-order valence-electron chi connectivity index (χ2n) is 7.41. The van der Waals surface area contributed by atoms with E-state index in [0.29, 0.717) is 12.5 Å². The molecule has 4 N–H and O–H groups in total. The molecule has 0 radical (unpaired) electrons. The van der Waals surface area contributed by atoms with Crippen LogP contribution in [-0.2, 0) is 4.74 Å². The van der Waals surface area contributed by atoms with Crippen LogP contribution in [-0.4, -0.2) is 64.3 Å². The molecule has 10 nitrogen and oxygen atoms in total. The zero-order valence-corrected chi connectivity index (χ0v) is 19.0. The molecule has 0 aliphatic carbocycles. The minimum absolute atomic E-state index is 0.129. The number of nitrogens with two attached hydrogens (primary N) is 2. The van der Waals surface area contributed by atoms with Crippen LogP contribution >= 0.6 is 11.3 Å². The molecule has 1 fully saturated rings. The summed E-state index contributed by atoms with van der Waals surface area (Å²) in [4.78, 5) is 20.6. The smallest absolute Gasteiger partial charge is 0.320 e. The van der Waals surface area contributed by atoms with Crippen molar-refractivity contribution >= 4 is 23.0 Å². The Morgan fingerprint density at radius 2 is 1.91 bits per heavy atom. The van der Waals surface area contributed by atoms with Gasteiger partial charge in [0.2, 0.25) is 5.88 Å². The summed E-state index contributed by atoms with van der Waals surface area (Å²) in [6.45, 7) is 8.75. The fraction of sp³-hybridized carbons (Fsp3) is 0.429. The Balaban J connectivity index is 1.41. The summed E-state index contributed by atoms with van der Waals surface area (Å²) in [6.07, 6.45) is 1.37. The number of anilines is 2. The monoisotopic (exact) mass is 457 g/mol. The maximum atomic E-state index is 5.88. The molecule has 0 bridgehead atoms. The number of aromatic nitrogens is 4. The van der Waals surface area contributed by atoms with Gasteiger partial charge in [-0.1, -0.05) is 0 Å². The maximum absolute atomic E-state index is 5.88. The summed E-state index contributed by atoms with van der Waals surface area (Å²) in [5.74, 6) is 1.10. The molecule has 4 rings (SSSR count). The van der Waals surface area contributed by atoms with E-state index in [-0.39, 0.29) is 23.8 Å². The lowest BCUT2D eigenvalue weighted by atomic mass is 10.2. The molecule has 32 heavy (non-hydrogen) atoms. The number of ether oxygens (including phenoxy) is 3. The van der Waals surface area contributed by atoms with Crippen LogP contribution in [0.2, 0.25) is 0 Å². The second-order valence-corrected chi connectivity index (χ2v) is 8.61. The molecule has 0 unspecified atom stereocenters. The van der Waals surface area contributed by atoms with E-state index in [4.69, 9.17) is 30.7 Å². The lowest BCUT2D eigenvalue weighted by molar-refractivity contribution is 0.0320. The van der Waals surface area contributed by atoms with Crippen molar-refractivity contribution < 1.29 is 14.2 Å². The lowest BCUT2D eigenvalue weighted by Gasteiger charge is -2.26. The minimum Gasteiger partial charge on any atom is -0.476 e. The first kappa shape index (κ1) is 22.2. The van der Waals surface area contributed by atoms with E-state index in [1.807, 2.05) is 26.0 Å². The summed E-state index contributed by atoms with van der Waals surface area (Å²) in [5, 5.41) is 0.862. The normalized spacial score (nSPS) is 15.4. The zero-order chi connectivity index (χ0) is 22.5. The van der Waals surface area contributed by atoms with Gasteiger partial charge in [-0.3, -0.25) is 4.90 Å². The molecule has 0 amide bonds. The average Bonchev–Trinajstić information content (AvgIpc) is 3.16. The first-order valence-electron chi connectivity index (χ1n) is 10.4. The van der Waals surface area contributed by atoms with Crippen LogP contribution in [0.15, 0.2) is 24.4 Å². The minimum atomic E-state index is -0.368. The fourth-order valence-electron chi connectivity index (χ4n) is 3.36. The van der Waals surface area contributed by atoms with Gasteiger partial charge in [-0.25, -0.2) is 9.97 Å². The predicted molar refractivity (Wildman–Crippen MR) is 123 cm³/mol. The van der Waals surface area contributed by atoms with Crippen LogP contribution in [0.1, 0.15) is 23.6 Å². The summed E-state index contributed by atoms with van der Waals surface area (Å²) < 4.78 is 17.1. The molecule has 0 aromatic carbocycles. The molecule has 170 valence electrons. The van der Waals surface area contributed by atoms with Crippen LogP contribution in [0.25, 0.3) is 10.6 Å². The molecule has 3 aromatic heterocycles. The Labute approximate surface area is 190 Å². The second kappa shape index (κ2) is 10.1. The van der Waals surface area contributed by atoms with Gasteiger partial charge >= 0.3 is 6.01 Å². The quantitative estimate of drug-likeness (QED) is 0.519. The topological polar surface area (TPSA) is 135 Å². The Morgan fingerprint density at radius 3 is 2.66 bits per heavy atom. The summed E-state index contributed by atoms with van der Waals surface area (Å²) in [7, 11) is 0. The fourth-order valence-corrected chi connectivity index (χ4v) is 4.36. The third-order valence-corrected chi connectivity index (χ3v) is 6.02. The third kappa shape index (κ3) is 5.61. The van der Waals surface area contributed by atoms with Gasteiger partial charge in [0.25, 0.3) is 0 Å². The van der Waals surface area contributed by atoms with Crippen LogP contribution in [0, 0.1) is 6.92 Å². The number of morpholine rings is 1. The number of thiazole rings is 1. The number of aryl methyl sites for hydroxylation is 1. The molecular weight excluding hydrogens is 430 g/mol. The molecule has 3 aromatic rings. The van der Waals surface area contributed by atoms with Crippen LogP contribution < -0.4 is 20.9 Å². The lowest BCUT2D eigenvalue weighted by Crippen LogP contribution is -2.38. The third-order valence-electron chi connectivity index (χ3n) is 4.99. The van der Waals surface area contributed by atoms with E-state index in [1.165, 1.54) is 6.07 Å². The highest BCUT2D eigenvalue weighted by molar-refractivity contribution is 7.15. The zero-order valence-electron chi connectivity index (χ0n) is 18.2. The van der Waals surface area contributed by atoms with Crippen molar-refractivity contribution in [3.63, 3.8) is 0 Å². The first-order chi connectivity index (χ1) is 15.5. The highest BCUT2D eigenvalue weighted by Gasteiger charge is 2.19. The Kier molecular flexibility index (Phi) is 6.98. The molecule has 0 spiro atoms. The molecule has 4 heterocycles. The van der Waals surface area contributed by atoms with Gasteiger partial charge in [0, 0.05) is 48.4 Å². The van der Waals surface area contributed by atoms with E-state index in [0.717, 1.165) is 54.0 Å². The number of hydrogen-bond acceptors (Lipinski definition) is 11. The first-order valence-corrected chi connectivity index (χ1v) is 11.2. The number of hydrogen-bond donors (Lipinski definition) is 2. The van der Waals surface area contributed by atoms with E-state index in [9.17, 15) is 0 Å². The van der Waals surface area contributed by atoms with E-state index >= 15 is 0 Å². The van der Waals surface area contributed by atoms with Crippen LogP contribution in [0.4, 0.5) is 11.6 Å². The van der Waals surface area contributed by atoms with Crippen molar-refractivity contribution in [1.29, 1.82) is 0 Å². The standard InChI is InChI=1S/C21H27N7O3S/c1-13(31-21-25-16(22)12-17(23)26-21)19-14(2)32-20(27-19)15-3-4-24-18(11-15)30-10-7-28-5-8-29-9-6-28/h3-4,11-13H,5-10H2,1-2H3,(H4,22,23,25,26)/t13-/m0/s1. The number of pyridine rings is 1. The Bertz CT molecular complexity index is 1040. The van der Waals surface area contributed by atoms with Gasteiger partial charge in [0.15, 0.2) is 0 Å². The van der Waals surface area contributed by atoms with E-state index in [2.05, 4.69) is 19.9 Å². The summed E-state index contributed by atoms with van der Waals surface area (Å²) in [6, 6.07) is 5.44. The molecule has 1 aliphatic rings. The Hall–Kier alpha value is -3.02. The summed E-state index contributed by atoms with van der Waals surface area (Å²) >= 11 is 1.58. The van der Waals surface area contributed by atoms with Crippen molar-refractivity contribution in [3.05, 3.63) is 35.0 Å². The van der Waals surface area contributed by atoms with Gasteiger partial charge in [-0.15, -0.1) is 11.3 Å². The van der Waals surface area contributed by atoms with Crippen molar-refractivity contribution in [1.82, 2.24) is 24.8 Å². The molecule has 1 aliphatic heterocycles. The molecule has 0 saturated carbocycles. The van der Waals surface area contributed by atoms with Crippen molar-refractivity contribution in [3.8, 4) is 22.5 Å². The molecule has 11 heteroatoms. The SMILES string of the molecule is Cc1sc(-c2ccnc(OCCN3CCOCC3)c2)nc1[C@H](C)Oc1nc(N)cc(N)n1. The molecule has 1 saturated heterocycles. The van der Waals surface area contributed by atoms with Gasteiger partial charge in [0.1, 0.15) is 29.4 Å². The molecule has 1 atom stereocenters. The van der Waals surface area contributed by atoms with Gasteiger partial charge < -0.3 is 25.7 Å². The highest BCUT2D eigenvalue weighted by Crippen LogP contribution is 2.33.